The molecule has 21 heavy (non-hydrogen) atoms. The Hall–Kier alpha value is -1.40. The van der Waals surface area contributed by atoms with Crippen LogP contribution in [0, 0.1) is 5.92 Å². The van der Waals surface area contributed by atoms with Gasteiger partial charge in [-0.15, -0.1) is 0 Å². The molecule has 0 saturated carbocycles. The number of ether oxygens (including phenoxy) is 1. The van der Waals surface area contributed by atoms with E-state index in [2.05, 4.69) is 0 Å². The van der Waals surface area contributed by atoms with E-state index in [4.69, 9.17) is 8.92 Å². The molecule has 0 radical (unpaired) electrons. The Morgan fingerprint density at radius 3 is 2.24 bits per heavy atom. The second kappa shape index (κ2) is 7.04. The molecule has 6 heteroatoms. The van der Waals surface area contributed by atoms with Crippen LogP contribution in [0.4, 0.5) is 0 Å². The molecule has 5 nitrogen and oxygen atoms in total. The van der Waals surface area contributed by atoms with Gasteiger partial charge in [0.1, 0.15) is 5.60 Å². The summed E-state index contributed by atoms with van der Waals surface area (Å²) in [6.45, 7) is 5.08. The zero-order valence-electron chi connectivity index (χ0n) is 12.8. The molecule has 0 saturated heterocycles. The Balaban J connectivity index is 2.81. The summed E-state index contributed by atoms with van der Waals surface area (Å²) in [5, 5.41) is 0. The zero-order chi connectivity index (χ0) is 16.1. The first-order valence-corrected chi connectivity index (χ1v) is 8.50. The maximum absolute atomic E-state index is 12.2. The quantitative estimate of drug-likeness (QED) is 0.594. The number of carbonyl (C=O) groups excluding carboxylic acids is 1. The first-order chi connectivity index (χ1) is 9.57. The predicted molar refractivity (Wildman–Crippen MR) is 80.3 cm³/mol. The molecular formula is C15H22O5S. The van der Waals surface area contributed by atoms with E-state index in [0.29, 0.717) is 6.42 Å². The monoisotopic (exact) mass is 314 g/mol. The molecule has 0 bridgehead atoms. The highest BCUT2D eigenvalue weighted by Gasteiger charge is 2.27. The van der Waals surface area contributed by atoms with E-state index in [1.54, 1.807) is 20.8 Å². The fraction of sp³-hybridized carbons (Fsp3) is 0.533. The topological polar surface area (TPSA) is 69.7 Å². The van der Waals surface area contributed by atoms with Crippen molar-refractivity contribution in [2.75, 3.05) is 12.9 Å². The summed E-state index contributed by atoms with van der Waals surface area (Å²) in [5.74, 6) is -1.13. The van der Waals surface area contributed by atoms with Crippen LogP contribution in [0.25, 0.3) is 0 Å². The Bertz CT molecular complexity index is 557. The van der Waals surface area contributed by atoms with E-state index in [9.17, 15) is 13.2 Å². The molecule has 118 valence electrons. The average Bonchev–Trinajstić information content (AvgIpc) is 2.32. The number of esters is 1. The summed E-state index contributed by atoms with van der Waals surface area (Å²) >= 11 is 0. The molecule has 0 aliphatic heterocycles. The van der Waals surface area contributed by atoms with Crippen LogP contribution >= 0.6 is 0 Å². The fourth-order valence-electron chi connectivity index (χ4n) is 1.70. The number of rotatable bonds is 6. The second-order valence-corrected chi connectivity index (χ2v) is 7.55. The van der Waals surface area contributed by atoms with Crippen molar-refractivity contribution in [2.24, 2.45) is 5.92 Å². The molecule has 0 aliphatic carbocycles. The van der Waals surface area contributed by atoms with Crippen molar-refractivity contribution in [3.8, 4) is 0 Å². The first-order valence-electron chi connectivity index (χ1n) is 6.68. The van der Waals surface area contributed by atoms with Gasteiger partial charge in [0, 0.05) is 0 Å². The molecule has 0 amide bonds. The van der Waals surface area contributed by atoms with Crippen molar-refractivity contribution in [2.45, 2.75) is 32.8 Å². The number of benzene rings is 1. The van der Waals surface area contributed by atoms with E-state index in [1.165, 1.54) is 0 Å². The zero-order valence-corrected chi connectivity index (χ0v) is 13.6. The smallest absolute Gasteiger partial charge is 0.312 e. The van der Waals surface area contributed by atoms with E-state index in [1.807, 2.05) is 30.3 Å². The SMILES string of the molecule is CC(C)(C)OC(=O)C(COS(C)(=O)=O)Cc1ccccc1. The molecule has 1 rings (SSSR count). The standard InChI is InChI=1S/C15H22O5S/c1-15(2,3)20-14(16)13(11-19-21(4,17)18)10-12-8-6-5-7-9-12/h5-9,13H,10-11H2,1-4H3. The predicted octanol–water partition coefficient (Wildman–Crippen LogP) is 2.16. The van der Waals surface area contributed by atoms with Crippen LogP contribution < -0.4 is 0 Å². The van der Waals surface area contributed by atoms with Crippen LogP contribution in [0.15, 0.2) is 30.3 Å². The van der Waals surface area contributed by atoms with Crippen molar-refractivity contribution in [1.82, 2.24) is 0 Å². The Morgan fingerprint density at radius 2 is 1.76 bits per heavy atom. The minimum atomic E-state index is -3.60. The largest absolute Gasteiger partial charge is 0.460 e. The molecule has 0 aromatic heterocycles. The van der Waals surface area contributed by atoms with Gasteiger partial charge in [0.15, 0.2) is 0 Å². The highest BCUT2D eigenvalue weighted by atomic mass is 32.2. The molecule has 0 heterocycles. The van der Waals surface area contributed by atoms with Gasteiger partial charge in [-0.3, -0.25) is 8.98 Å². The molecule has 0 N–H and O–H groups in total. The Labute approximate surface area is 126 Å². The van der Waals surface area contributed by atoms with Gasteiger partial charge in [-0.05, 0) is 32.8 Å². The summed E-state index contributed by atoms with van der Waals surface area (Å²) in [4.78, 5) is 12.2. The van der Waals surface area contributed by atoms with Gasteiger partial charge in [-0.1, -0.05) is 30.3 Å². The lowest BCUT2D eigenvalue weighted by Crippen LogP contribution is -2.32. The van der Waals surface area contributed by atoms with Gasteiger partial charge in [0.2, 0.25) is 0 Å². The van der Waals surface area contributed by atoms with Crippen molar-refractivity contribution >= 4 is 16.1 Å². The van der Waals surface area contributed by atoms with Gasteiger partial charge in [-0.2, -0.15) is 8.42 Å². The van der Waals surface area contributed by atoms with Crippen LogP contribution in [0.3, 0.4) is 0 Å². The van der Waals surface area contributed by atoms with E-state index in [0.717, 1.165) is 11.8 Å². The van der Waals surface area contributed by atoms with Crippen molar-refractivity contribution < 1.29 is 22.1 Å². The molecular weight excluding hydrogens is 292 g/mol. The number of hydrogen-bond acceptors (Lipinski definition) is 5. The maximum Gasteiger partial charge on any atom is 0.312 e. The summed E-state index contributed by atoms with van der Waals surface area (Å²) in [6.07, 6.45) is 1.33. The van der Waals surface area contributed by atoms with Crippen molar-refractivity contribution in [3.63, 3.8) is 0 Å². The van der Waals surface area contributed by atoms with Gasteiger partial charge < -0.3 is 4.74 Å². The molecule has 1 unspecified atom stereocenters. The van der Waals surface area contributed by atoms with Crippen LogP contribution in [0.2, 0.25) is 0 Å². The van der Waals surface area contributed by atoms with E-state index < -0.39 is 27.6 Å². The molecule has 0 aliphatic rings. The van der Waals surface area contributed by atoms with Crippen molar-refractivity contribution in [3.05, 3.63) is 35.9 Å². The third kappa shape index (κ3) is 7.82. The van der Waals surface area contributed by atoms with Gasteiger partial charge >= 0.3 is 5.97 Å². The molecule has 1 aromatic rings. The Kier molecular flexibility index (Phi) is 5.92. The number of hydrogen-bond donors (Lipinski definition) is 0. The van der Waals surface area contributed by atoms with Crippen LogP contribution in [0.5, 0.6) is 0 Å². The van der Waals surface area contributed by atoms with E-state index in [-0.39, 0.29) is 6.61 Å². The van der Waals surface area contributed by atoms with Crippen LogP contribution in [0.1, 0.15) is 26.3 Å². The lowest BCUT2D eigenvalue weighted by molar-refractivity contribution is -0.160. The van der Waals surface area contributed by atoms with E-state index >= 15 is 0 Å². The molecule has 0 fully saturated rings. The summed E-state index contributed by atoms with van der Waals surface area (Å²) < 4.78 is 32.3. The lowest BCUT2D eigenvalue weighted by Gasteiger charge is -2.23. The first kappa shape index (κ1) is 17.7. The summed E-state index contributed by atoms with van der Waals surface area (Å²) in [5.41, 5.74) is 0.294. The summed E-state index contributed by atoms with van der Waals surface area (Å²) in [6, 6.07) is 9.34. The molecule has 0 spiro atoms. The lowest BCUT2D eigenvalue weighted by atomic mass is 10.00. The second-order valence-electron chi connectivity index (χ2n) is 5.91. The number of carbonyl (C=O) groups is 1. The van der Waals surface area contributed by atoms with Crippen LogP contribution in [-0.4, -0.2) is 32.9 Å². The highest BCUT2D eigenvalue weighted by molar-refractivity contribution is 7.85. The highest BCUT2D eigenvalue weighted by Crippen LogP contribution is 2.16. The van der Waals surface area contributed by atoms with Gasteiger partial charge in [-0.25, -0.2) is 0 Å². The minimum Gasteiger partial charge on any atom is -0.460 e. The third-order valence-corrected chi connectivity index (χ3v) is 3.11. The van der Waals surface area contributed by atoms with Gasteiger partial charge in [0.05, 0.1) is 18.8 Å². The molecule has 1 aromatic carbocycles. The fourth-order valence-corrected chi connectivity index (χ4v) is 2.11. The van der Waals surface area contributed by atoms with Crippen molar-refractivity contribution in [1.29, 1.82) is 0 Å². The average molecular weight is 314 g/mol. The maximum atomic E-state index is 12.2. The minimum absolute atomic E-state index is 0.220. The van der Waals surface area contributed by atoms with Gasteiger partial charge in [0.25, 0.3) is 10.1 Å². The molecule has 1 atom stereocenters. The summed E-state index contributed by atoms with van der Waals surface area (Å²) in [7, 11) is -3.60. The Morgan fingerprint density at radius 1 is 1.19 bits per heavy atom. The third-order valence-electron chi connectivity index (χ3n) is 2.55. The van der Waals surface area contributed by atoms with Crippen LogP contribution in [-0.2, 0) is 30.3 Å². The normalized spacial score (nSPS) is 13.7.